The predicted molar refractivity (Wildman–Crippen MR) is 117 cm³/mol. The summed E-state index contributed by atoms with van der Waals surface area (Å²) in [5.74, 6) is 0.567. The number of hydrogen-bond donors (Lipinski definition) is 1. The monoisotopic (exact) mass is 482 g/mol. The van der Waals surface area contributed by atoms with Crippen molar-refractivity contribution in [3.63, 3.8) is 0 Å². The van der Waals surface area contributed by atoms with E-state index in [2.05, 4.69) is 21.2 Å². The number of carbonyl (C=O) groups excluding carboxylic acids is 1. The molecule has 0 heterocycles. The first kappa shape index (κ1) is 23.4. The Morgan fingerprint density at radius 1 is 1.14 bits per heavy atom. The summed E-state index contributed by atoms with van der Waals surface area (Å²) in [5, 5.41) is 2.91. The minimum atomic E-state index is -3.48. The van der Waals surface area contributed by atoms with Crippen LogP contribution < -0.4 is 10.1 Å². The van der Waals surface area contributed by atoms with Crippen molar-refractivity contribution in [3.05, 3.63) is 58.6 Å². The van der Waals surface area contributed by atoms with Gasteiger partial charge in [0, 0.05) is 17.6 Å². The maximum Gasteiger partial charge on any atom is 0.243 e. The number of benzene rings is 2. The zero-order chi connectivity index (χ0) is 21.4. The third kappa shape index (κ3) is 6.55. The summed E-state index contributed by atoms with van der Waals surface area (Å²) in [6, 6.07) is 13.8. The first-order valence-electron chi connectivity index (χ1n) is 9.55. The SMILES string of the molecule is CCN(CC)S(=O)(=O)c1ccc(C(C)NC(=O)CCOc2cccc(Br)c2)cc1. The molecule has 0 bridgehead atoms. The number of hydrogen-bond acceptors (Lipinski definition) is 4. The quantitative estimate of drug-likeness (QED) is 0.552. The fourth-order valence-electron chi connectivity index (χ4n) is 2.86. The molecular weight excluding hydrogens is 456 g/mol. The average Bonchev–Trinajstić information content (AvgIpc) is 2.69. The van der Waals surface area contributed by atoms with Crippen molar-refractivity contribution < 1.29 is 17.9 Å². The van der Waals surface area contributed by atoms with Crippen molar-refractivity contribution in [3.8, 4) is 5.75 Å². The lowest BCUT2D eigenvalue weighted by molar-refractivity contribution is -0.122. The fraction of sp³-hybridized carbons (Fsp3) is 0.381. The standard InChI is InChI=1S/C21H27BrN2O4S/c1-4-24(5-2)29(26,27)20-11-9-17(10-12-20)16(3)23-21(25)13-14-28-19-8-6-7-18(22)15-19/h6-12,15-16H,4-5,13-14H2,1-3H3,(H,23,25). The molecule has 0 aliphatic heterocycles. The molecule has 8 heteroatoms. The minimum Gasteiger partial charge on any atom is -0.493 e. The lowest BCUT2D eigenvalue weighted by Crippen LogP contribution is -2.30. The van der Waals surface area contributed by atoms with Crippen LogP contribution in [0.3, 0.4) is 0 Å². The maximum atomic E-state index is 12.5. The topological polar surface area (TPSA) is 75.7 Å². The van der Waals surface area contributed by atoms with Crippen molar-refractivity contribution in [2.45, 2.75) is 38.1 Å². The van der Waals surface area contributed by atoms with Crippen molar-refractivity contribution in [1.29, 1.82) is 0 Å². The zero-order valence-electron chi connectivity index (χ0n) is 16.9. The van der Waals surface area contributed by atoms with E-state index in [-0.39, 0.29) is 29.9 Å². The second kappa shape index (κ2) is 10.8. The molecule has 2 aromatic rings. The van der Waals surface area contributed by atoms with E-state index in [0.29, 0.717) is 18.8 Å². The number of ether oxygens (including phenoxy) is 1. The van der Waals surface area contributed by atoms with Gasteiger partial charge in [0.2, 0.25) is 15.9 Å². The van der Waals surface area contributed by atoms with E-state index in [4.69, 9.17) is 4.74 Å². The largest absolute Gasteiger partial charge is 0.493 e. The number of rotatable bonds is 10. The highest BCUT2D eigenvalue weighted by Gasteiger charge is 2.21. The van der Waals surface area contributed by atoms with Gasteiger partial charge in [-0.05, 0) is 42.8 Å². The van der Waals surface area contributed by atoms with Gasteiger partial charge < -0.3 is 10.1 Å². The molecule has 0 spiro atoms. The molecule has 2 rings (SSSR count). The van der Waals surface area contributed by atoms with Crippen LogP contribution in [0.25, 0.3) is 0 Å². The molecule has 0 fully saturated rings. The lowest BCUT2D eigenvalue weighted by atomic mass is 10.1. The highest BCUT2D eigenvalue weighted by Crippen LogP contribution is 2.20. The molecule has 0 aliphatic carbocycles. The van der Waals surface area contributed by atoms with Crippen LogP contribution in [0.5, 0.6) is 5.75 Å². The number of nitrogens with one attached hydrogen (secondary N) is 1. The molecule has 1 atom stereocenters. The Bertz CT molecular complexity index is 913. The summed E-state index contributed by atoms with van der Waals surface area (Å²) in [4.78, 5) is 12.4. The third-order valence-corrected chi connectivity index (χ3v) is 7.05. The molecule has 2 aromatic carbocycles. The Morgan fingerprint density at radius 3 is 2.38 bits per heavy atom. The van der Waals surface area contributed by atoms with Crippen molar-refractivity contribution in [2.75, 3.05) is 19.7 Å². The van der Waals surface area contributed by atoms with E-state index >= 15 is 0 Å². The van der Waals surface area contributed by atoms with Gasteiger partial charge in [-0.3, -0.25) is 4.79 Å². The molecule has 1 unspecified atom stereocenters. The van der Waals surface area contributed by atoms with E-state index in [1.807, 2.05) is 45.0 Å². The molecule has 158 valence electrons. The second-order valence-corrected chi connectivity index (χ2v) is 9.36. The summed E-state index contributed by atoms with van der Waals surface area (Å²) in [6.07, 6.45) is 0.227. The molecule has 1 amide bonds. The highest BCUT2D eigenvalue weighted by molar-refractivity contribution is 9.10. The second-order valence-electron chi connectivity index (χ2n) is 6.50. The molecule has 0 aromatic heterocycles. The van der Waals surface area contributed by atoms with E-state index < -0.39 is 10.0 Å². The van der Waals surface area contributed by atoms with Crippen LogP contribution in [0, 0.1) is 0 Å². The van der Waals surface area contributed by atoms with Crippen LogP contribution >= 0.6 is 15.9 Å². The van der Waals surface area contributed by atoms with Crippen LogP contribution in [-0.4, -0.2) is 38.3 Å². The van der Waals surface area contributed by atoms with Gasteiger partial charge in [-0.1, -0.05) is 48.0 Å². The fourth-order valence-corrected chi connectivity index (χ4v) is 4.69. The third-order valence-electron chi connectivity index (χ3n) is 4.49. The van der Waals surface area contributed by atoms with Crippen LogP contribution in [0.15, 0.2) is 57.9 Å². The Labute approximate surface area is 181 Å². The van der Waals surface area contributed by atoms with Crippen LogP contribution in [0.4, 0.5) is 0 Å². The Kier molecular flexibility index (Phi) is 8.67. The van der Waals surface area contributed by atoms with E-state index in [1.165, 1.54) is 4.31 Å². The first-order chi connectivity index (χ1) is 13.8. The van der Waals surface area contributed by atoms with Crippen LogP contribution in [-0.2, 0) is 14.8 Å². The number of nitrogens with zero attached hydrogens (tertiary/aromatic N) is 1. The molecule has 6 nitrogen and oxygen atoms in total. The summed E-state index contributed by atoms with van der Waals surface area (Å²) in [6.45, 7) is 6.61. The molecule has 0 aliphatic rings. The maximum absolute atomic E-state index is 12.5. The van der Waals surface area contributed by atoms with Gasteiger partial charge in [0.25, 0.3) is 0 Å². The normalized spacial score (nSPS) is 12.6. The van der Waals surface area contributed by atoms with Gasteiger partial charge >= 0.3 is 0 Å². The van der Waals surface area contributed by atoms with Crippen molar-refractivity contribution >= 4 is 31.9 Å². The summed E-state index contributed by atoms with van der Waals surface area (Å²) >= 11 is 3.38. The average molecular weight is 483 g/mol. The predicted octanol–water partition coefficient (Wildman–Crippen LogP) is 4.13. The molecule has 29 heavy (non-hydrogen) atoms. The van der Waals surface area contributed by atoms with E-state index in [1.54, 1.807) is 24.3 Å². The first-order valence-corrected chi connectivity index (χ1v) is 11.8. The summed E-state index contributed by atoms with van der Waals surface area (Å²) in [7, 11) is -3.48. The number of halogens is 1. The molecule has 1 N–H and O–H groups in total. The van der Waals surface area contributed by atoms with E-state index in [0.717, 1.165) is 10.0 Å². The number of amides is 1. The van der Waals surface area contributed by atoms with Gasteiger partial charge in [0.15, 0.2) is 0 Å². The summed E-state index contributed by atoms with van der Waals surface area (Å²) in [5.41, 5.74) is 0.838. The zero-order valence-corrected chi connectivity index (χ0v) is 19.3. The van der Waals surface area contributed by atoms with Crippen LogP contribution in [0.1, 0.15) is 38.8 Å². The molecule has 0 saturated heterocycles. The minimum absolute atomic E-state index is 0.132. The highest BCUT2D eigenvalue weighted by atomic mass is 79.9. The van der Waals surface area contributed by atoms with Gasteiger partial charge in [0.1, 0.15) is 5.75 Å². The van der Waals surface area contributed by atoms with Gasteiger partial charge in [-0.25, -0.2) is 8.42 Å². The summed E-state index contributed by atoms with van der Waals surface area (Å²) < 4.78 is 33.0. The van der Waals surface area contributed by atoms with Gasteiger partial charge in [-0.2, -0.15) is 4.31 Å². The molecule has 0 radical (unpaired) electrons. The molecular formula is C21H27BrN2O4S. The Hall–Kier alpha value is -1.90. The number of sulfonamides is 1. The Balaban J connectivity index is 1.90. The smallest absolute Gasteiger partial charge is 0.243 e. The van der Waals surface area contributed by atoms with Crippen LogP contribution in [0.2, 0.25) is 0 Å². The number of carbonyl (C=O) groups is 1. The van der Waals surface area contributed by atoms with Gasteiger partial charge in [0.05, 0.1) is 24.0 Å². The van der Waals surface area contributed by atoms with Crippen molar-refractivity contribution in [1.82, 2.24) is 9.62 Å². The van der Waals surface area contributed by atoms with Crippen molar-refractivity contribution in [2.24, 2.45) is 0 Å². The Morgan fingerprint density at radius 2 is 1.79 bits per heavy atom. The van der Waals surface area contributed by atoms with E-state index in [9.17, 15) is 13.2 Å². The lowest BCUT2D eigenvalue weighted by Gasteiger charge is -2.19. The molecule has 0 saturated carbocycles. The van der Waals surface area contributed by atoms with Gasteiger partial charge in [-0.15, -0.1) is 0 Å².